The maximum atomic E-state index is 14.2. The second-order valence-corrected chi connectivity index (χ2v) is 16.0. The number of benzene rings is 3. The topological polar surface area (TPSA) is 160 Å². The fourth-order valence-electron chi connectivity index (χ4n) is 9.00. The molecule has 0 spiro atoms. The number of nitrogens with zero attached hydrogens (tertiary/aromatic N) is 8. The normalized spacial score (nSPS) is 17.5. The van der Waals surface area contributed by atoms with Crippen LogP contribution in [0.1, 0.15) is 80.6 Å². The fourth-order valence-corrected chi connectivity index (χ4v) is 9.00. The molecule has 3 aromatic heterocycles. The van der Waals surface area contributed by atoms with Gasteiger partial charge in [-0.25, -0.2) is 19.7 Å². The highest BCUT2D eigenvalue weighted by molar-refractivity contribution is 5.86. The van der Waals surface area contributed by atoms with Crippen LogP contribution in [-0.4, -0.2) is 111 Å². The SMILES string of the molecule is CCN(CC)[C@@H](C(=O)N1CCC[C@H]1c1ncc(-c2ccc(-c3ccc(-c4cnc([C@@H]5CCCN5C(=O)[C@H](Cc5cncn5C)N(C)C(=O)O)[nH]4)cc3)cc2)[nH]1)c1ccccc1. The molecule has 0 aliphatic carbocycles. The van der Waals surface area contributed by atoms with Crippen LogP contribution in [0.15, 0.2) is 104 Å². The number of amides is 3. The summed E-state index contributed by atoms with van der Waals surface area (Å²) in [7, 11) is 3.27. The Kier molecular flexibility index (Phi) is 12.1. The minimum Gasteiger partial charge on any atom is -0.465 e. The highest BCUT2D eigenvalue weighted by Crippen LogP contribution is 2.37. The number of hydrogen-bond donors (Lipinski definition) is 3. The van der Waals surface area contributed by atoms with Crippen LogP contribution in [0.2, 0.25) is 0 Å². The number of likely N-dealkylation sites (N-methyl/N-ethyl adjacent to an activating group) is 2. The third kappa shape index (κ3) is 8.45. The van der Waals surface area contributed by atoms with E-state index in [9.17, 15) is 19.5 Å². The lowest BCUT2D eigenvalue weighted by atomic mass is 10.0. The van der Waals surface area contributed by atoms with Gasteiger partial charge in [-0.2, -0.15) is 0 Å². The summed E-state index contributed by atoms with van der Waals surface area (Å²) in [5.74, 6) is 1.38. The molecule has 14 nitrogen and oxygen atoms in total. The first-order valence-corrected chi connectivity index (χ1v) is 21.3. The number of carbonyl (C=O) groups is 3. The zero-order chi connectivity index (χ0) is 42.6. The van der Waals surface area contributed by atoms with Gasteiger partial charge in [0.05, 0.1) is 42.2 Å². The minimum atomic E-state index is -1.16. The molecule has 316 valence electrons. The Morgan fingerprint density at radius 2 is 1.25 bits per heavy atom. The molecule has 3 aromatic carbocycles. The number of aromatic amines is 2. The number of hydrogen-bond acceptors (Lipinski definition) is 7. The van der Waals surface area contributed by atoms with Gasteiger partial charge >= 0.3 is 6.09 Å². The van der Waals surface area contributed by atoms with Gasteiger partial charge in [-0.1, -0.05) is 92.7 Å². The first-order chi connectivity index (χ1) is 29.6. The first-order valence-electron chi connectivity index (χ1n) is 21.3. The van der Waals surface area contributed by atoms with Crippen molar-refractivity contribution in [3.05, 3.63) is 127 Å². The second-order valence-electron chi connectivity index (χ2n) is 16.0. The van der Waals surface area contributed by atoms with Crippen molar-refractivity contribution in [3.63, 3.8) is 0 Å². The number of aromatic nitrogens is 6. The lowest BCUT2D eigenvalue weighted by Crippen LogP contribution is -2.50. The van der Waals surface area contributed by atoms with E-state index in [4.69, 9.17) is 9.97 Å². The Hall–Kier alpha value is -6.54. The van der Waals surface area contributed by atoms with E-state index in [1.807, 2.05) is 36.3 Å². The molecule has 6 aromatic rings. The predicted molar refractivity (Wildman–Crippen MR) is 233 cm³/mol. The molecular weight excluding hydrogens is 769 g/mol. The molecule has 0 saturated carbocycles. The Balaban J connectivity index is 0.930. The predicted octanol–water partition coefficient (Wildman–Crippen LogP) is 7.50. The van der Waals surface area contributed by atoms with Gasteiger partial charge < -0.3 is 29.4 Å². The number of carbonyl (C=O) groups excluding carboxylic acids is 2. The van der Waals surface area contributed by atoms with E-state index in [1.54, 1.807) is 28.2 Å². The summed E-state index contributed by atoms with van der Waals surface area (Å²) < 4.78 is 1.80. The summed E-state index contributed by atoms with van der Waals surface area (Å²) in [4.78, 5) is 68.0. The number of likely N-dealkylation sites (tertiary alicyclic amines) is 2. The van der Waals surface area contributed by atoms with Gasteiger partial charge in [0.25, 0.3) is 0 Å². The van der Waals surface area contributed by atoms with Gasteiger partial charge in [0.15, 0.2) is 0 Å². The largest absolute Gasteiger partial charge is 0.465 e. The Morgan fingerprint density at radius 3 is 1.72 bits per heavy atom. The summed E-state index contributed by atoms with van der Waals surface area (Å²) in [6, 6.07) is 25.2. The standard InChI is InChI=1S/C47H54N10O4/c1-5-55(6-2)42(35-12-8-7-9-13-35)46(59)57-25-11-15-40(57)44-50-29-38(52-44)34-22-18-32(19-23-34)31-16-20-33(21-17-31)37-28-49-43(51-37)39-14-10-24-56(39)45(58)41(54(4)47(60)61)26-36-27-48-30-53(36)3/h7-9,12-13,16-23,27-30,39-42H,5-6,10-11,14-15,24-26H2,1-4H3,(H,49,51)(H,50,52)(H,60,61)/t39-,40-,41-,42+/m0/s1. The molecule has 0 bridgehead atoms. The Labute approximate surface area is 356 Å². The molecule has 5 heterocycles. The van der Waals surface area contributed by atoms with Crippen molar-refractivity contribution >= 4 is 17.9 Å². The summed E-state index contributed by atoms with van der Waals surface area (Å²) in [6.45, 7) is 7.02. The zero-order valence-corrected chi connectivity index (χ0v) is 35.2. The van der Waals surface area contributed by atoms with Crippen LogP contribution in [0, 0.1) is 0 Å². The van der Waals surface area contributed by atoms with E-state index in [2.05, 4.69) is 94.4 Å². The van der Waals surface area contributed by atoms with Crippen LogP contribution in [0.4, 0.5) is 4.79 Å². The van der Waals surface area contributed by atoms with Crippen molar-refractivity contribution in [3.8, 4) is 33.6 Å². The summed E-state index contributed by atoms with van der Waals surface area (Å²) >= 11 is 0. The molecule has 4 atom stereocenters. The number of nitrogens with one attached hydrogen (secondary N) is 2. The van der Waals surface area contributed by atoms with Crippen LogP contribution in [-0.2, 0) is 23.1 Å². The van der Waals surface area contributed by atoms with Gasteiger partial charge in [0.1, 0.15) is 23.7 Å². The van der Waals surface area contributed by atoms with E-state index in [1.165, 1.54) is 7.05 Å². The van der Waals surface area contributed by atoms with Crippen molar-refractivity contribution in [1.29, 1.82) is 0 Å². The maximum absolute atomic E-state index is 14.2. The van der Waals surface area contributed by atoms with Crippen LogP contribution in [0.5, 0.6) is 0 Å². The molecule has 2 aliphatic heterocycles. The molecule has 3 amide bonds. The van der Waals surface area contributed by atoms with E-state index >= 15 is 0 Å². The van der Waals surface area contributed by atoms with E-state index in [0.29, 0.717) is 18.9 Å². The van der Waals surface area contributed by atoms with Crippen LogP contribution in [0.25, 0.3) is 33.6 Å². The van der Waals surface area contributed by atoms with Gasteiger partial charge in [-0.05, 0) is 66.6 Å². The summed E-state index contributed by atoms with van der Waals surface area (Å²) in [5.41, 5.74) is 7.67. The molecule has 61 heavy (non-hydrogen) atoms. The number of aryl methyl sites for hydroxylation is 1. The zero-order valence-electron chi connectivity index (χ0n) is 35.2. The first kappa shape index (κ1) is 41.2. The highest BCUT2D eigenvalue weighted by Gasteiger charge is 2.40. The molecule has 2 fully saturated rings. The average Bonchev–Trinajstić information content (AvgIpc) is 4.15. The molecule has 3 N–H and O–H groups in total. The number of carboxylic acid groups (broad SMARTS) is 1. The summed E-state index contributed by atoms with van der Waals surface area (Å²) in [5, 5.41) is 9.82. The minimum absolute atomic E-state index is 0.104. The van der Waals surface area contributed by atoms with Gasteiger partial charge in [0, 0.05) is 45.5 Å². The van der Waals surface area contributed by atoms with Crippen molar-refractivity contribution in [2.75, 3.05) is 33.2 Å². The molecular formula is C47H54N10O4. The smallest absolute Gasteiger partial charge is 0.407 e. The fraction of sp³-hybridized carbons (Fsp3) is 0.362. The lowest BCUT2D eigenvalue weighted by molar-refractivity contribution is -0.138. The molecule has 14 heteroatoms. The Bertz CT molecular complexity index is 2440. The van der Waals surface area contributed by atoms with Crippen molar-refractivity contribution in [2.24, 2.45) is 7.05 Å². The molecule has 8 rings (SSSR count). The van der Waals surface area contributed by atoms with Gasteiger partial charge in [-0.3, -0.25) is 19.4 Å². The van der Waals surface area contributed by atoms with Crippen LogP contribution < -0.4 is 0 Å². The monoisotopic (exact) mass is 822 g/mol. The maximum Gasteiger partial charge on any atom is 0.407 e. The van der Waals surface area contributed by atoms with E-state index in [0.717, 1.165) is 94.4 Å². The summed E-state index contributed by atoms with van der Waals surface area (Å²) in [6.07, 6.45) is 9.36. The van der Waals surface area contributed by atoms with Gasteiger partial charge in [-0.15, -0.1) is 0 Å². The van der Waals surface area contributed by atoms with E-state index < -0.39 is 12.1 Å². The third-order valence-corrected chi connectivity index (χ3v) is 12.5. The molecule has 2 saturated heterocycles. The molecule has 0 unspecified atom stereocenters. The second kappa shape index (κ2) is 18.0. The average molecular weight is 823 g/mol. The lowest BCUT2D eigenvalue weighted by Gasteiger charge is -2.34. The quantitative estimate of drug-likeness (QED) is 0.102. The van der Waals surface area contributed by atoms with Crippen molar-refractivity contribution in [1.82, 2.24) is 49.1 Å². The highest BCUT2D eigenvalue weighted by atomic mass is 16.4. The van der Waals surface area contributed by atoms with Crippen molar-refractivity contribution in [2.45, 2.75) is 70.1 Å². The number of rotatable bonds is 14. The molecule has 2 aliphatic rings. The number of imidazole rings is 3. The molecule has 0 radical (unpaired) electrons. The Morgan fingerprint density at radius 1 is 0.738 bits per heavy atom. The number of H-pyrrole nitrogens is 2. The van der Waals surface area contributed by atoms with Crippen molar-refractivity contribution < 1.29 is 19.5 Å². The van der Waals surface area contributed by atoms with Gasteiger partial charge in [0.2, 0.25) is 11.8 Å². The van der Waals surface area contributed by atoms with Crippen LogP contribution in [0.3, 0.4) is 0 Å². The van der Waals surface area contributed by atoms with Crippen LogP contribution >= 0.6 is 0 Å². The van der Waals surface area contributed by atoms with E-state index in [-0.39, 0.29) is 36.4 Å². The third-order valence-electron chi connectivity index (χ3n) is 12.5.